The third-order valence-electron chi connectivity index (χ3n) is 6.57. The maximum absolute atomic E-state index is 11.5. The third-order valence-corrected chi connectivity index (χ3v) is 6.57. The molecular formula is C25H26O12. The van der Waals surface area contributed by atoms with Crippen LogP contribution in [0.5, 0.6) is 23.0 Å². The summed E-state index contributed by atoms with van der Waals surface area (Å²) in [6.07, 6.45) is -8.71. The van der Waals surface area contributed by atoms with Crippen LogP contribution in [-0.4, -0.2) is 83.4 Å². The number of carboxylic acid groups (broad SMARTS) is 1. The van der Waals surface area contributed by atoms with E-state index in [9.17, 15) is 24.9 Å². The second-order valence-corrected chi connectivity index (χ2v) is 8.95. The number of carbonyl (C=O) groups excluding carboxylic acids is 1. The molecule has 198 valence electrons. The van der Waals surface area contributed by atoms with Crippen molar-refractivity contribution in [1.29, 1.82) is 0 Å². The van der Waals surface area contributed by atoms with E-state index in [2.05, 4.69) is 0 Å². The lowest BCUT2D eigenvalue weighted by atomic mass is 9.89. The van der Waals surface area contributed by atoms with Crippen LogP contribution in [0, 0.1) is 0 Å². The molecule has 0 aromatic heterocycles. The zero-order valence-electron chi connectivity index (χ0n) is 19.7. The molecule has 12 heteroatoms. The van der Waals surface area contributed by atoms with Crippen molar-refractivity contribution < 1.29 is 58.4 Å². The van der Waals surface area contributed by atoms with Crippen LogP contribution in [0.15, 0.2) is 36.4 Å². The fourth-order valence-corrected chi connectivity index (χ4v) is 4.65. The van der Waals surface area contributed by atoms with Crippen molar-refractivity contribution in [2.24, 2.45) is 0 Å². The van der Waals surface area contributed by atoms with Crippen LogP contribution in [0.1, 0.15) is 29.6 Å². The van der Waals surface area contributed by atoms with Crippen LogP contribution in [-0.2, 0) is 19.1 Å². The first-order valence-corrected chi connectivity index (χ1v) is 11.6. The van der Waals surface area contributed by atoms with E-state index in [0.29, 0.717) is 18.1 Å². The Bertz CT molecular complexity index is 1180. The highest BCUT2D eigenvalue weighted by molar-refractivity contribution is 5.90. The lowest BCUT2D eigenvalue weighted by molar-refractivity contribution is -0.278. The van der Waals surface area contributed by atoms with E-state index >= 15 is 0 Å². The number of aliphatic hydroxyl groups is 3. The van der Waals surface area contributed by atoms with Crippen LogP contribution in [0.4, 0.5) is 0 Å². The smallest absolute Gasteiger partial charge is 0.317 e. The molecule has 4 N–H and O–H groups in total. The molecular weight excluding hydrogens is 492 g/mol. The van der Waals surface area contributed by atoms with Gasteiger partial charge in [-0.1, -0.05) is 6.07 Å². The minimum Gasteiger partial charge on any atom is -0.497 e. The summed E-state index contributed by atoms with van der Waals surface area (Å²) in [5, 5.41) is 39.5. The van der Waals surface area contributed by atoms with E-state index in [-0.39, 0.29) is 17.8 Å². The summed E-state index contributed by atoms with van der Waals surface area (Å²) in [7, 11) is 1.59. The lowest BCUT2D eigenvalue weighted by Gasteiger charge is -2.40. The predicted molar refractivity (Wildman–Crippen MR) is 122 cm³/mol. The molecule has 0 amide bonds. The summed E-state index contributed by atoms with van der Waals surface area (Å²) in [5.74, 6) is -0.222. The van der Waals surface area contributed by atoms with E-state index in [1.54, 1.807) is 25.3 Å². The number of esters is 1. The number of fused-ring (bicyclic) bond motifs is 5. The summed E-state index contributed by atoms with van der Waals surface area (Å²) in [6.45, 7) is -0.173. The molecule has 0 radical (unpaired) electrons. The standard InChI is InChI=1S/C25H26O12/c1-32-11-2-4-13-15-9-33-16-7-12(3-5-14(16)24(15)36-17(13)6-11)35-25-23(31)22(30)21(29)18(37-25)10-34-20(28)8-19(26)27/h2-7,15,18,21-25,29-31H,8-10H2,1H3,(H,26,27)/t15-,18+,21+,22-,23+,24-,25-/m0/s1. The van der Waals surface area contributed by atoms with Gasteiger partial charge in [-0.05, 0) is 18.2 Å². The van der Waals surface area contributed by atoms with Crippen LogP contribution >= 0.6 is 0 Å². The summed E-state index contributed by atoms with van der Waals surface area (Å²) in [4.78, 5) is 22.2. The van der Waals surface area contributed by atoms with Crippen LogP contribution in [0.3, 0.4) is 0 Å². The maximum Gasteiger partial charge on any atom is 0.317 e. The number of methoxy groups -OCH3 is 1. The Balaban J connectivity index is 1.28. The predicted octanol–water partition coefficient (Wildman–Crippen LogP) is 0.509. The molecule has 37 heavy (non-hydrogen) atoms. The lowest BCUT2D eigenvalue weighted by Crippen LogP contribution is -2.60. The molecule has 0 unspecified atom stereocenters. The first-order chi connectivity index (χ1) is 17.7. The number of hydrogen-bond acceptors (Lipinski definition) is 11. The first-order valence-electron chi connectivity index (χ1n) is 11.6. The van der Waals surface area contributed by atoms with Gasteiger partial charge in [0.05, 0.1) is 19.6 Å². The SMILES string of the molecule is COc1ccc2c(c1)O[C@H]1c3ccc(O[C@H]4O[C@H](COC(=O)CC(=O)O)[C@@H](O)[C@H](O)[C@H]4O)cc3OC[C@@H]21. The van der Waals surface area contributed by atoms with Gasteiger partial charge < -0.3 is 48.8 Å². The molecule has 2 aromatic rings. The normalized spacial score (nSPS) is 29.6. The number of aliphatic carboxylic acids is 1. The average Bonchev–Trinajstić information content (AvgIpc) is 3.25. The van der Waals surface area contributed by atoms with Crippen LogP contribution < -0.4 is 18.9 Å². The molecule has 3 aliphatic rings. The largest absolute Gasteiger partial charge is 0.497 e. The molecule has 0 bridgehead atoms. The highest BCUT2D eigenvalue weighted by Crippen LogP contribution is 2.52. The van der Waals surface area contributed by atoms with Crippen molar-refractivity contribution in [2.45, 2.75) is 49.1 Å². The Labute approximate surface area is 210 Å². The van der Waals surface area contributed by atoms with Crippen molar-refractivity contribution in [2.75, 3.05) is 20.3 Å². The molecule has 3 heterocycles. The van der Waals surface area contributed by atoms with E-state index in [0.717, 1.165) is 16.9 Å². The van der Waals surface area contributed by atoms with Gasteiger partial charge in [-0.2, -0.15) is 0 Å². The fourth-order valence-electron chi connectivity index (χ4n) is 4.65. The molecule has 1 saturated heterocycles. The Hall–Kier alpha value is -3.58. The van der Waals surface area contributed by atoms with Crippen molar-refractivity contribution in [1.82, 2.24) is 0 Å². The quantitative estimate of drug-likeness (QED) is 0.296. The number of carboxylic acids is 1. The van der Waals surface area contributed by atoms with E-state index in [4.69, 9.17) is 33.5 Å². The van der Waals surface area contributed by atoms with Crippen molar-refractivity contribution in [3.8, 4) is 23.0 Å². The van der Waals surface area contributed by atoms with Gasteiger partial charge in [0.25, 0.3) is 0 Å². The molecule has 0 aliphatic carbocycles. The van der Waals surface area contributed by atoms with Gasteiger partial charge in [-0.25, -0.2) is 0 Å². The summed E-state index contributed by atoms with van der Waals surface area (Å²) in [6, 6.07) is 10.7. The number of ether oxygens (including phenoxy) is 6. The van der Waals surface area contributed by atoms with Crippen molar-refractivity contribution in [3.63, 3.8) is 0 Å². The number of rotatable bonds is 7. The molecule has 12 nitrogen and oxygen atoms in total. The third kappa shape index (κ3) is 4.88. The molecule has 7 atom stereocenters. The molecule has 2 aromatic carbocycles. The highest BCUT2D eigenvalue weighted by atomic mass is 16.7. The zero-order valence-corrected chi connectivity index (χ0v) is 19.7. The minimum atomic E-state index is -1.67. The van der Waals surface area contributed by atoms with Gasteiger partial charge in [-0.3, -0.25) is 9.59 Å². The fraction of sp³-hybridized carbons (Fsp3) is 0.440. The summed E-state index contributed by atoms with van der Waals surface area (Å²) in [5.41, 5.74) is 1.83. The second kappa shape index (κ2) is 10.1. The second-order valence-electron chi connectivity index (χ2n) is 8.95. The van der Waals surface area contributed by atoms with Crippen molar-refractivity contribution in [3.05, 3.63) is 47.5 Å². The van der Waals surface area contributed by atoms with Gasteiger partial charge in [-0.15, -0.1) is 0 Å². The topological polar surface area (TPSA) is 170 Å². The van der Waals surface area contributed by atoms with E-state index in [1.165, 1.54) is 0 Å². The number of carbonyl (C=O) groups is 2. The van der Waals surface area contributed by atoms with Gasteiger partial charge >= 0.3 is 11.9 Å². The molecule has 0 spiro atoms. The Morgan fingerprint density at radius 1 is 0.973 bits per heavy atom. The number of hydrogen-bond donors (Lipinski definition) is 4. The Morgan fingerprint density at radius 2 is 1.70 bits per heavy atom. The van der Waals surface area contributed by atoms with Gasteiger partial charge in [0, 0.05) is 23.3 Å². The number of aliphatic hydroxyl groups excluding tert-OH is 3. The molecule has 3 aliphatic heterocycles. The average molecular weight is 518 g/mol. The summed E-state index contributed by atoms with van der Waals surface area (Å²) >= 11 is 0. The number of benzene rings is 2. The van der Waals surface area contributed by atoms with Crippen LogP contribution in [0.25, 0.3) is 0 Å². The van der Waals surface area contributed by atoms with Crippen LogP contribution in [0.2, 0.25) is 0 Å². The molecule has 0 saturated carbocycles. The maximum atomic E-state index is 11.5. The minimum absolute atomic E-state index is 0.00454. The van der Waals surface area contributed by atoms with Gasteiger partial charge in [0.2, 0.25) is 6.29 Å². The first kappa shape index (κ1) is 25.1. The highest BCUT2D eigenvalue weighted by Gasteiger charge is 2.46. The monoisotopic (exact) mass is 518 g/mol. The van der Waals surface area contributed by atoms with Crippen molar-refractivity contribution >= 4 is 11.9 Å². The van der Waals surface area contributed by atoms with Gasteiger partial charge in [0.15, 0.2) is 0 Å². The van der Waals surface area contributed by atoms with E-state index in [1.807, 2.05) is 18.2 Å². The van der Waals surface area contributed by atoms with E-state index < -0.39 is 55.7 Å². The molecule has 5 rings (SSSR count). The Kier molecular flexibility index (Phi) is 6.82. The molecule has 1 fully saturated rings. The summed E-state index contributed by atoms with van der Waals surface area (Å²) < 4.78 is 33.5. The zero-order chi connectivity index (χ0) is 26.3. The van der Waals surface area contributed by atoms with Gasteiger partial charge in [0.1, 0.15) is 66.5 Å². The Morgan fingerprint density at radius 3 is 2.46 bits per heavy atom.